The molecule has 186 valence electrons. The van der Waals surface area contributed by atoms with Crippen LogP contribution in [0.25, 0.3) is 17.0 Å². The Kier molecular flexibility index (Phi) is 7.53. The van der Waals surface area contributed by atoms with Crippen molar-refractivity contribution >= 4 is 46.3 Å². The van der Waals surface area contributed by atoms with Gasteiger partial charge < -0.3 is 20.9 Å². The third-order valence-electron chi connectivity index (χ3n) is 6.04. The first-order chi connectivity index (χ1) is 17.4. The lowest BCUT2D eigenvalue weighted by molar-refractivity contribution is -0.150. The van der Waals surface area contributed by atoms with Crippen molar-refractivity contribution in [3.8, 4) is 0 Å². The van der Waals surface area contributed by atoms with Gasteiger partial charge in [0, 0.05) is 44.2 Å². The van der Waals surface area contributed by atoms with Crippen molar-refractivity contribution < 1.29 is 14.4 Å². The molecule has 0 bridgehead atoms. The molecule has 1 atom stereocenters. The number of nitrogens with zero attached hydrogens (tertiary/aromatic N) is 5. The van der Waals surface area contributed by atoms with Crippen LogP contribution in [-0.4, -0.2) is 61.6 Å². The van der Waals surface area contributed by atoms with Gasteiger partial charge in [0.1, 0.15) is 24.0 Å². The van der Waals surface area contributed by atoms with Crippen LogP contribution in [0.3, 0.4) is 0 Å². The number of nitrogens with two attached hydrogens (primary N) is 1. The van der Waals surface area contributed by atoms with Gasteiger partial charge in [-0.05, 0) is 47.9 Å². The number of carbonyl (C=O) groups excluding carboxylic acids is 3. The van der Waals surface area contributed by atoms with Gasteiger partial charge in [-0.25, -0.2) is 15.0 Å². The Labute approximate surface area is 209 Å². The monoisotopic (exact) mass is 487 g/mol. The third-order valence-corrected chi connectivity index (χ3v) is 6.04. The number of nitrogens with one attached hydrogen (secondary N) is 1. The fraction of sp³-hybridized carbons (Fsp3) is 0.308. The van der Waals surface area contributed by atoms with Crippen molar-refractivity contribution in [3.63, 3.8) is 0 Å². The summed E-state index contributed by atoms with van der Waals surface area (Å²) in [5.41, 5.74) is 8.31. The molecule has 1 saturated heterocycles. The Bertz CT molecular complexity index is 1310. The molecule has 1 unspecified atom stereocenters. The minimum absolute atomic E-state index is 0.0616. The van der Waals surface area contributed by atoms with Gasteiger partial charge in [-0.1, -0.05) is 19.4 Å². The summed E-state index contributed by atoms with van der Waals surface area (Å²) in [5, 5.41) is 3.38. The first-order valence-electron chi connectivity index (χ1n) is 11.9. The fourth-order valence-electron chi connectivity index (χ4n) is 4.28. The summed E-state index contributed by atoms with van der Waals surface area (Å²) < 4.78 is 0. The van der Waals surface area contributed by atoms with Gasteiger partial charge in [-0.3, -0.25) is 14.4 Å². The summed E-state index contributed by atoms with van der Waals surface area (Å²) in [6.45, 7) is 4.73. The molecule has 0 spiro atoms. The highest BCUT2D eigenvalue weighted by Gasteiger charge is 2.36. The number of piperazine rings is 1. The predicted molar refractivity (Wildman–Crippen MR) is 137 cm³/mol. The van der Waals surface area contributed by atoms with E-state index in [1.54, 1.807) is 34.2 Å². The van der Waals surface area contributed by atoms with Crippen LogP contribution >= 0.6 is 0 Å². The molecule has 0 aliphatic carbocycles. The maximum Gasteiger partial charge on any atom is 0.247 e. The molecule has 36 heavy (non-hydrogen) atoms. The van der Waals surface area contributed by atoms with Crippen LogP contribution in [0.2, 0.25) is 0 Å². The molecule has 1 aliphatic heterocycles. The van der Waals surface area contributed by atoms with Crippen LogP contribution < -0.4 is 11.1 Å². The summed E-state index contributed by atoms with van der Waals surface area (Å²) in [6.07, 6.45) is 7.49. The minimum Gasteiger partial charge on any atom is -0.383 e. The van der Waals surface area contributed by atoms with E-state index in [0.717, 1.165) is 28.5 Å². The van der Waals surface area contributed by atoms with E-state index in [2.05, 4.69) is 20.3 Å². The number of hydrogen-bond donors (Lipinski definition) is 2. The Morgan fingerprint density at radius 1 is 1.17 bits per heavy atom. The van der Waals surface area contributed by atoms with E-state index in [-0.39, 0.29) is 17.7 Å². The summed E-state index contributed by atoms with van der Waals surface area (Å²) in [7, 11) is 0. The predicted octanol–water partition coefficient (Wildman–Crippen LogP) is 2.62. The van der Waals surface area contributed by atoms with Crippen molar-refractivity contribution in [2.45, 2.75) is 39.3 Å². The van der Waals surface area contributed by atoms with Crippen LogP contribution in [-0.2, 0) is 20.9 Å². The molecule has 3 aromatic rings. The van der Waals surface area contributed by atoms with Gasteiger partial charge in [-0.2, -0.15) is 0 Å². The Morgan fingerprint density at radius 3 is 2.72 bits per heavy atom. The Hall–Kier alpha value is -4.34. The number of nitrogen functional groups attached to an aromatic ring is 1. The molecule has 10 heteroatoms. The van der Waals surface area contributed by atoms with Gasteiger partial charge in [-0.15, -0.1) is 0 Å². The number of benzene rings is 1. The lowest BCUT2D eigenvalue weighted by atomic mass is 10.0. The zero-order valence-corrected chi connectivity index (χ0v) is 20.3. The lowest BCUT2D eigenvalue weighted by Crippen LogP contribution is -2.58. The molecule has 4 rings (SSSR count). The zero-order chi connectivity index (χ0) is 25.7. The number of pyridine rings is 1. The number of amides is 3. The third kappa shape index (κ3) is 5.65. The summed E-state index contributed by atoms with van der Waals surface area (Å²) in [4.78, 5) is 53.4. The second kappa shape index (κ2) is 10.9. The second-order valence-corrected chi connectivity index (χ2v) is 8.70. The molecule has 3 N–H and O–H groups in total. The standard InChI is InChI=1S/C26H29N7O3/c1-3-4-22-26(36)32(15-19-5-8-20-21(13-19)29-16-30-25(20)27)11-12-33(22)24(35)10-7-18-6-9-23(28-14-18)31-17(2)34/h5-10,13-14,16,22H,3-4,11-12,15H2,1-2H3,(H2,27,29,30)(H,28,31,34)/b10-7+. The van der Waals surface area contributed by atoms with E-state index in [9.17, 15) is 14.4 Å². The summed E-state index contributed by atoms with van der Waals surface area (Å²) >= 11 is 0. The highest BCUT2D eigenvalue weighted by molar-refractivity contribution is 5.96. The molecule has 1 aliphatic rings. The number of carbonyl (C=O) groups is 3. The molecule has 0 saturated carbocycles. The van der Waals surface area contributed by atoms with Crippen LogP contribution in [0.5, 0.6) is 0 Å². The minimum atomic E-state index is -0.514. The number of hydrogen-bond acceptors (Lipinski definition) is 7. The Morgan fingerprint density at radius 2 is 2.00 bits per heavy atom. The van der Waals surface area contributed by atoms with Crippen molar-refractivity contribution in [1.82, 2.24) is 24.8 Å². The Balaban J connectivity index is 1.44. The largest absolute Gasteiger partial charge is 0.383 e. The van der Waals surface area contributed by atoms with E-state index in [4.69, 9.17) is 5.73 Å². The van der Waals surface area contributed by atoms with Crippen molar-refractivity contribution in [3.05, 3.63) is 60.1 Å². The average Bonchev–Trinajstić information content (AvgIpc) is 2.86. The van der Waals surface area contributed by atoms with Gasteiger partial charge in [0.05, 0.1) is 5.52 Å². The molecule has 10 nitrogen and oxygen atoms in total. The number of anilines is 2. The number of rotatable bonds is 7. The van der Waals surface area contributed by atoms with E-state index in [1.807, 2.05) is 25.1 Å². The lowest BCUT2D eigenvalue weighted by Gasteiger charge is -2.40. The topological polar surface area (TPSA) is 134 Å². The van der Waals surface area contributed by atoms with Crippen LogP contribution in [0.15, 0.2) is 48.9 Å². The summed E-state index contributed by atoms with van der Waals surface area (Å²) in [6, 6.07) is 8.63. The maximum atomic E-state index is 13.4. The smallest absolute Gasteiger partial charge is 0.247 e. The first-order valence-corrected chi connectivity index (χ1v) is 11.9. The SMILES string of the molecule is CCCC1C(=O)N(Cc2ccc3c(N)ncnc3c2)CCN1C(=O)/C=C/c1ccc(NC(C)=O)nc1. The van der Waals surface area contributed by atoms with Gasteiger partial charge >= 0.3 is 0 Å². The van der Waals surface area contributed by atoms with Crippen LogP contribution in [0.1, 0.15) is 37.8 Å². The molecule has 1 fully saturated rings. The van der Waals surface area contributed by atoms with Gasteiger partial charge in [0.25, 0.3) is 0 Å². The molecule has 3 heterocycles. The van der Waals surface area contributed by atoms with E-state index in [0.29, 0.717) is 37.7 Å². The normalized spacial score (nSPS) is 16.1. The molecule has 3 amide bonds. The first kappa shape index (κ1) is 24.8. The number of fused-ring (bicyclic) bond motifs is 1. The molecule has 1 aromatic carbocycles. The quantitative estimate of drug-likeness (QED) is 0.489. The molecule has 2 aromatic heterocycles. The number of aromatic nitrogens is 3. The van der Waals surface area contributed by atoms with Gasteiger partial charge in [0.2, 0.25) is 17.7 Å². The molecule has 0 radical (unpaired) electrons. The zero-order valence-electron chi connectivity index (χ0n) is 20.3. The molecular weight excluding hydrogens is 458 g/mol. The summed E-state index contributed by atoms with van der Waals surface area (Å²) in [5.74, 6) is 0.382. The van der Waals surface area contributed by atoms with E-state index < -0.39 is 6.04 Å². The van der Waals surface area contributed by atoms with E-state index >= 15 is 0 Å². The van der Waals surface area contributed by atoms with Crippen molar-refractivity contribution in [2.24, 2.45) is 0 Å². The van der Waals surface area contributed by atoms with Crippen LogP contribution in [0, 0.1) is 0 Å². The fourth-order valence-corrected chi connectivity index (χ4v) is 4.28. The highest BCUT2D eigenvalue weighted by Crippen LogP contribution is 2.22. The highest BCUT2D eigenvalue weighted by atomic mass is 16.2. The average molecular weight is 488 g/mol. The van der Waals surface area contributed by atoms with Crippen molar-refractivity contribution in [1.29, 1.82) is 0 Å². The van der Waals surface area contributed by atoms with Crippen molar-refractivity contribution in [2.75, 3.05) is 24.1 Å². The second-order valence-electron chi connectivity index (χ2n) is 8.70. The van der Waals surface area contributed by atoms with Crippen LogP contribution in [0.4, 0.5) is 11.6 Å². The van der Waals surface area contributed by atoms with Gasteiger partial charge in [0.15, 0.2) is 0 Å². The molecular formula is C26H29N7O3. The van der Waals surface area contributed by atoms with E-state index in [1.165, 1.54) is 19.3 Å². The maximum absolute atomic E-state index is 13.4.